The molecule has 0 N–H and O–H groups in total. The van der Waals surface area contributed by atoms with Crippen molar-refractivity contribution in [3.63, 3.8) is 0 Å². The number of rotatable bonds is 6. The third-order valence-electron chi connectivity index (χ3n) is 2.79. The Kier molecular flexibility index (Phi) is 5.65. The molecule has 0 aliphatic heterocycles. The molecule has 0 saturated carbocycles. The van der Waals surface area contributed by atoms with E-state index < -0.39 is 0 Å². The van der Waals surface area contributed by atoms with Gasteiger partial charge < -0.3 is 14.4 Å². The highest BCUT2D eigenvalue weighted by Crippen LogP contribution is 2.24. The summed E-state index contributed by atoms with van der Waals surface area (Å²) < 4.78 is 10.1. The maximum atomic E-state index is 11.6. The Morgan fingerprint density at radius 2 is 1.89 bits per heavy atom. The number of carbonyl (C=O) groups excluding carboxylic acids is 1. The Morgan fingerprint density at radius 1 is 1.28 bits per heavy atom. The van der Waals surface area contributed by atoms with E-state index in [1.165, 1.54) is 0 Å². The molecule has 1 atom stereocenters. The predicted molar refractivity (Wildman–Crippen MR) is 70.7 cm³/mol. The summed E-state index contributed by atoms with van der Waals surface area (Å²) in [6.07, 6.45) is 0.354. The van der Waals surface area contributed by atoms with Crippen molar-refractivity contribution in [3.8, 4) is 5.75 Å². The van der Waals surface area contributed by atoms with E-state index in [4.69, 9.17) is 9.47 Å². The fourth-order valence-corrected chi connectivity index (χ4v) is 1.80. The molecule has 18 heavy (non-hydrogen) atoms. The van der Waals surface area contributed by atoms with Gasteiger partial charge in [-0.15, -0.1) is 0 Å². The summed E-state index contributed by atoms with van der Waals surface area (Å²) in [6, 6.07) is 7.77. The predicted octanol–water partition coefficient (Wildman–Crippen LogP) is 2.25. The third kappa shape index (κ3) is 4.04. The van der Waals surface area contributed by atoms with Crippen LogP contribution in [0, 0.1) is 0 Å². The highest BCUT2D eigenvalue weighted by molar-refractivity contribution is 5.70. The topological polar surface area (TPSA) is 38.8 Å². The Bertz CT molecular complexity index is 373. The molecule has 4 nitrogen and oxygen atoms in total. The van der Waals surface area contributed by atoms with Crippen LogP contribution in [0.2, 0.25) is 0 Å². The zero-order chi connectivity index (χ0) is 13.5. The van der Waals surface area contributed by atoms with Crippen LogP contribution in [0.1, 0.15) is 24.9 Å². The number of ether oxygens (including phenoxy) is 2. The van der Waals surface area contributed by atoms with Crippen molar-refractivity contribution in [2.75, 3.05) is 27.8 Å². The van der Waals surface area contributed by atoms with E-state index in [1.807, 2.05) is 50.2 Å². The molecule has 0 radical (unpaired) electrons. The maximum Gasteiger partial charge on any atom is 0.307 e. The second-order valence-electron chi connectivity index (χ2n) is 4.26. The molecule has 0 amide bonds. The highest BCUT2D eigenvalue weighted by atomic mass is 16.5. The fraction of sp³-hybridized carbons (Fsp3) is 0.500. The highest BCUT2D eigenvalue weighted by Gasteiger charge is 2.18. The Labute approximate surface area is 108 Å². The van der Waals surface area contributed by atoms with Gasteiger partial charge in [0.25, 0.3) is 0 Å². The van der Waals surface area contributed by atoms with Gasteiger partial charge in [0, 0.05) is 6.04 Å². The zero-order valence-corrected chi connectivity index (χ0v) is 11.5. The Hall–Kier alpha value is -1.55. The summed E-state index contributed by atoms with van der Waals surface area (Å²) in [7, 11) is 5.54. The van der Waals surface area contributed by atoms with Crippen molar-refractivity contribution in [1.82, 2.24) is 4.90 Å². The molecule has 0 fully saturated rings. The van der Waals surface area contributed by atoms with Crippen molar-refractivity contribution < 1.29 is 14.3 Å². The number of benzene rings is 1. The molecule has 1 aromatic rings. The Balaban J connectivity index is 2.80. The van der Waals surface area contributed by atoms with E-state index in [0.717, 1.165) is 11.3 Å². The number of hydrogen-bond donors (Lipinski definition) is 0. The molecule has 0 aliphatic carbocycles. The van der Waals surface area contributed by atoms with Crippen LogP contribution in [0.15, 0.2) is 24.3 Å². The second-order valence-corrected chi connectivity index (χ2v) is 4.26. The summed E-state index contributed by atoms with van der Waals surface area (Å²) in [5, 5.41) is 0. The number of methoxy groups -OCH3 is 1. The van der Waals surface area contributed by atoms with Crippen LogP contribution in [0.4, 0.5) is 0 Å². The largest absolute Gasteiger partial charge is 0.497 e. The number of carbonyl (C=O) groups is 1. The van der Waals surface area contributed by atoms with Crippen LogP contribution in [0.25, 0.3) is 0 Å². The quantitative estimate of drug-likeness (QED) is 0.727. The second kappa shape index (κ2) is 7.01. The zero-order valence-electron chi connectivity index (χ0n) is 11.5. The minimum absolute atomic E-state index is 0.0231. The van der Waals surface area contributed by atoms with E-state index in [-0.39, 0.29) is 12.0 Å². The summed E-state index contributed by atoms with van der Waals surface area (Å²) >= 11 is 0. The van der Waals surface area contributed by atoms with Crippen molar-refractivity contribution in [2.45, 2.75) is 19.4 Å². The number of esters is 1. The molecular weight excluding hydrogens is 230 g/mol. The smallest absolute Gasteiger partial charge is 0.307 e. The van der Waals surface area contributed by atoms with Crippen molar-refractivity contribution in [1.29, 1.82) is 0 Å². The first-order valence-corrected chi connectivity index (χ1v) is 6.04. The molecule has 0 saturated heterocycles. The summed E-state index contributed by atoms with van der Waals surface area (Å²) in [5.41, 5.74) is 1.08. The van der Waals surface area contributed by atoms with Gasteiger partial charge in [0.1, 0.15) is 5.75 Å². The molecule has 0 aliphatic rings. The van der Waals surface area contributed by atoms with Crippen molar-refractivity contribution in [3.05, 3.63) is 29.8 Å². The lowest BCUT2D eigenvalue weighted by Crippen LogP contribution is -2.23. The van der Waals surface area contributed by atoms with Gasteiger partial charge in [-0.1, -0.05) is 12.1 Å². The molecule has 1 rings (SSSR count). The van der Waals surface area contributed by atoms with E-state index in [2.05, 4.69) is 0 Å². The minimum Gasteiger partial charge on any atom is -0.497 e. The van der Waals surface area contributed by atoms with Crippen LogP contribution in [0.5, 0.6) is 5.75 Å². The average Bonchev–Trinajstić information content (AvgIpc) is 2.36. The molecule has 1 aromatic carbocycles. The molecular formula is C14H21NO3. The van der Waals surface area contributed by atoms with E-state index in [1.54, 1.807) is 7.11 Å². The first-order valence-electron chi connectivity index (χ1n) is 6.04. The molecule has 0 heterocycles. The van der Waals surface area contributed by atoms with Crippen LogP contribution < -0.4 is 4.74 Å². The van der Waals surface area contributed by atoms with Crippen LogP contribution >= 0.6 is 0 Å². The van der Waals surface area contributed by atoms with Gasteiger partial charge >= 0.3 is 5.97 Å². The van der Waals surface area contributed by atoms with Crippen LogP contribution in [-0.4, -0.2) is 38.7 Å². The van der Waals surface area contributed by atoms with E-state index in [0.29, 0.717) is 13.0 Å². The lowest BCUT2D eigenvalue weighted by Gasteiger charge is -2.24. The summed E-state index contributed by atoms with van der Waals surface area (Å²) in [5.74, 6) is 0.638. The van der Waals surface area contributed by atoms with Gasteiger partial charge in [-0.25, -0.2) is 0 Å². The molecule has 0 spiro atoms. The standard InChI is InChI=1S/C14H21NO3/c1-5-18-14(16)10-13(15(2)3)11-6-8-12(17-4)9-7-11/h6-9,13H,5,10H2,1-4H3/t13-/m0/s1. The van der Waals surface area contributed by atoms with Gasteiger partial charge in [0.15, 0.2) is 0 Å². The molecule has 4 heteroatoms. The molecule has 100 valence electrons. The minimum atomic E-state index is -0.174. The first kappa shape index (κ1) is 14.5. The molecule has 0 bridgehead atoms. The monoisotopic (exact) mass is 251 g/mol. The average molecular weight is 251 g/mol. The summed E-state index contributed by atoms with van der Waals surface area (Å²) in [4.78, 5) is 13.6. The van der Waals surface area contributed by atoms with Gasteiger partial charge in [-0.3, -0.25) is 4.79 Å². The van der Waals surface area contributed by atoms with Crippen LogP contribution in [0.3, 0.4) is 0 Å². The summed E-state index contributed by atoms with van der Waals surface area (Å²) in [6.45, 7) is 2.23. The van der Waals surface area contributed by atoms with Gasteiger partial charge in [0.05, 0.1) is 20.1 Å². The molecule has 0 unspecified atom stereocenters. The first-order chi connectivity index (χ1) is 8.58. The fourth-order valence-electron chi connectivity index (χ4n) is 1.80. The molecule has 0 aromatic heterocycles. The Morgan fingerprint density at radius 3 is 2.33 bits per heavy atom. The van der Waals surface area contributed by atoms with Crippen molar-refractivity contribution in [2.24, 2.45) is 0 Å². The van der Waals surface area contributed by atoms with Gasteiger partial charge in [-0.05, 0) is 38.7 Å². The van der Waals surface area contributed by atoms with Gasteiger partial charge in [-0.2, -0.15) is 0 Å². The lowest BCUT2D eigenvalue weighted by molar-refractivity contribution is -0.144. The van der Waals surface area contributed by atoms with Crippen molar-refractivity contribution >= 4 is 5.97 Å². The van der Waals surface area contributed by atoms with Crippen LogP contribution in [-0.2, 0) is 9.53 Å². The maximum absolute atomic E-state index is 11.6. The number of hydrogen-bond acceptors (Lipinski definition) is 4. The van der Waals surface area contributed by atoms with E-state index >= 15 is 0 Å². The SMILES string of the molecule is CCOC(=O)C[C@@H](c1ccc(OC)cc1)N(C)C. The third-order valence-corrected chi connectivity index (χ3v) is 2.79. The van der Waals surface area contributed by atoms with Gasteiger partial charge in [0.2, 0.25) is 0 Å². The van der Waals surface area contributed by atoms with E-state index in [9.17, 15) is 4.79 Å². The lowest BCUT2D eigenvalue weighted by atomic mass is 10.0. The number of nitrogens with zero attached hydrogens (tertiary/aromatic N) is 1. The normalized spacial score (nSPS) is 12.3.